The van der Waals surface area contributed by atoms with Crippen LogP contribution in [-0.4, -0.2) is 33.1 Å². The van der Waals surface area contributed by atoms with Crippen LogP contribution in [0.15, 0.2) is 23.1 Å². The van der Waals surface area contributed by atoms with E-state index in [1.807, 2.05) is 0 Å². The van der Waals surface area contributed by atoms with Crippen LogP contribution in [0.4, 0.5) is 11.4 Å². The molecule has 0 radical (unpaired) electrons. The van der Waals surface area contributed by atoms with Gasteiger partial charge in [0.25, 0.3) is 5.69 Å². The van der Waals surface area contributed by atoms with E-state index in [0.29, 0.717) is 6.61 Å². The molecule has 0 saturated heterocycles. The smallest absolute Gasteiger partial charge is 0.293 e. The first kappa shape index (κ1) is 15.3. The molecule has 0 unspecified atom stereocenters. The maximum atomic E-state index is 11.2. The Morgan fingerprint density at radius 3 is 2.63 bits per heavy atom. The van der Waals surface area contributed by atoms with Gasteiger partial charge in [-0.15, -0.1) is 0 Å². The topological polar surface area (TPSA) is 125 Å². The van der Waals surface area contributed by atoms with Gasteiger partial charge in [-0.2, -0.15) is 0 Å². The molecule has 0 bridgehead atoms. The van der Waals surface area contributed by atoms with Crippen molar-refractivity contribution in [1.82, 2.24) is 0 Å². The van der Waals surface area contributed by atoms with Crippen molar-refractivity contribution < 1.29 is 18.1 Å². The van der Waals surface area contributed by atoms with Crippen LogP contribution in [0.3, 0.4) is 0 Å². The summed E-state index contributed by atoms with van der Waals surface area (Å²) in [6.07, 6.45) is 0. The molecule has 8 nitrogen and oxygen atoms in total. The van der Waals surface area contributed by atoms with Crippen LogP contribution in [0.2, 0.25) is 0 Å². The number of methoxy groups -OCH3 is 1. The second-order valence-electron chi connectivity index (χ2n) is 3.98. The SMILES string of the molecule is COC[C@@H](C)Nc1ccc(S(N)(=O)=O)cc1[N+](=O)[O-]. The fourth-order valence-electron chi connectivity index (χ4n) is 1.52. The van der Waals surface area contributed by atoms with Crippen LogP contribution in [0.1, 0.15) is 6.92 Å². The Morgan fingerprint density at radius 2 is 2.16 bits per heavy atom. The monoisotopic (exact) mass is 289 g/mol. The molecule has 0 heterocycles. The quantitative estimate of drug-likeness (QED) is 0.586. The van der Waals surface area contributed by atoms with Crippen LogP contribution >= 0.6 is 0 Å². The van der Waals surface area contributed by atoms with E-state index in [1.165, 1.54) is 19.2 Å². The Labute approximate surface area is 110 Å². The molecule has 1 rings (SSSR count). The van der Waals surface area contributed by atoms with Crippen molar-refractivity contribution in [3.8, 4) is 0 Å². The Morgan fingerprint density at radius 1 is 1.53 bits per heavy atom. The minimum Gasteiger partial charge on any atom is -0.383 e. The normalized spacial score (nSPS) is 13.0. The largest absolute Gasteiger partial charge is 0.383 e. The van der Waals surface area contributed by atoms with Crippen molar-refractivity contribution in [2.45, 2.75) is 17.9 Å². The van der Waals surface area contributed by atoms with E-state index in [1.54, 1.807) is 6.92 Å². The summed E-state index contributed by atoms with van der Waals surface area (Å²) < 4.78 is 27.2. The van der Waals surface area contributed by atoms with Crippen LogP contribution in [-0.2, 0) is 14.8 Å². The summed E-state index contributed by atoms with van der Waals surface area (Å²) in [5.74, 6) is 0. The zero-order valence-electron chi connectivity index (χ0n) is 10.5. The van der Waals surface area contributed by atoms with Gasteiger partial charge in [-0.25, -0.2) is 13.6 Å². The summed E-state index contributed by atoms with van der Waals surface area (Å²) in [5, 5.41) is 18.7. The van der Waals surface area contributed by atoms with E-state index in [-0.39, 0.29) is 22.3 Å². The number of ether oxygens (including phenoxy) is 1. The molecular weight excluding hydrogens is 274 g/mol. The Bertz CT molecular complexity index is 573. The summed E-state index contributed by atoms with van der Waals surface area (Å²) >= 11 is 0. The molecule has 0 aliphatic heterocycles. The van der Waals surface area contributed by atoms with Gasteiger partial charge >= 0.3 is 0 Å². The summed E-state index contributed by atoms with van der Waals surface area (Å²) in [7, 11) is -2.46. The Hall–Kier alpha value is -1.71. The number of primary sulfonamides is 1. The number of nitro groups is 1. The highest BCUT2D eigenvalue weighted by Gasteiger charge is 2.19. The van der Waals surface area contributed by atoms with E-state index in [2.05, 4.69) is 5.32 Å². The molecule has 0 spiro atoms. The highest BCUT2D eigenvalue weighted by atomic mass is 32.2. The number of nitrogens with zero attached hydrogens (tertiary/aromatic N) is 1. The molecule has 1 atom stereocenters. The van der Waals surface area contributed by atoms with Crippen molar-refractivity contribution in [1.29, 1.82) is 0 Å². The van der Waals surface area contributed by atoms with Gasteiger partial charge in [0.05, 0.1) is 16.4 Å². The first-order valence-corrected chi connectivity index (χ1v) is 6.87. The van der Waals surface area contributed by atoms with Crippen molar-refractivity contribution >= 4 is 21.4 Å². The third-order valence-electron chi connectivity index (χ3n) is 2.31. The summed E-state index contributed by atoms with van der Waals surface area (Å²) in [5.41, 5.74) is -0.142. The van der Waals surface area contributed by atoms with Crippen molar-refractivity contribution in [3.05, 3.63) is 28.3 Å². The number of nitro benzene ring substituents is 1. The van der Waals surface area contributed by atoms with Crippen LogP contribution in [0.25, 0.3) is 0 Å². The summed E-state index contributed by atoms with van der Waals surface area (Å²) in [6, 6.07) is 3.29. The predicted molar refractivity (Wildman–Crippen MR) is 69.4 cm³/mol. The molecule has 19 heavy (non-hydrogen) atoms. The number of sulfonamides is 1. The minimum absolute atomic E-state index is 0.163. The lowest BCUT2D eigenvalue weighted by molar-refractivity contribution is -0.384. The second kappa shape index (κ2) is 5.95. The Kier molecular flexibility index (Phi) is 4.81. The van der Waals surface area contributed by atoms with Gasteiger partial charge in [0.1, 0.15) is 5.69 Å². The van der Waals surface area contributed by atoms with Gasteiger partial charge in [-0.05, 0) is 19.1 Å². The molecule has 0 saturated carbocycles. The van der Waals surface area contributed by atoms with Gasteiger partial charge in [-0.3, -0.25) is 10.1 Å². The number of hydrogen-bond donors (Lipinski definition) is 2. The molecule has 1 aromatic carbocycles. The molecule has 1 aromatic rings. The number of hydrogen-bond acceptors (Lipinski definition) is 6. The van der Waals surface area contributed by atoms with Gasteiger partial charge in [0.15, 0.2) is 0 Å². The first-order valence-electron chi connectivity index (χ1n) is 5.32. The predicted octanol–water partition coefficient (Wildman–Crippen LogP) is 0.689. The highest BCUT2D eigenvalue weighted by molar-refractivity contribution is 7.89. The van der Waals surface area contributed by atoms with E-state index < -0.39 is 14.9 Å². The maximum Gasteiger partial charge on any atom is 0.293 e. The molecule has 0 fully saturated rings. The molecule has 0 amide bonds. The zero-order valence-corrected chi connectivity index (χ0v) is 11.3. The summed E-state index contributed by atoms with van der Waals surface area (Å²) in [6.45, 7) is 2.13. The summed E-state index contributed by atoms with van der Waals surface area (Å²) in [4.78, 5) is 9.97. The molecule has 0 aromatic heterocycles. The second-order valence-corrected chi connectivity index (χ2v) is 5.54. The number of nitrogens with two attached hydrogens (primary N) is 1. The van der Waals surface area contributed by atoms with Crippen LogP contribution in [0, 0.1) is 10.1 Å². The third-order valence-corrected chi connectivity index (χ3v) is 3.22. The number of anilines is 1. The van der Waals surface area contributed by atoms with Gasteiger partial charge < -0.3 is 10.1 Å². The maximum absolute atomic E-state index is 11.2. The lowest BCUT2D eigenvalue weighted by Crippen LogP contribution is -2.21. The average Bonchev–Trinajstić information content (AvgIpc) is 2.27. The highest BCUT2D eigenvalue weighted by Crippen LogP contribution is 2.27. The minimum atomic E-state index is -3.97. The lowest BCUT2D eigenvalue weighted by atomic mass is 10.2. The van der Waals surface area contributed by atoms with Crippen molar-refractivity contribution in [3.63, 3.8) is 0 Å². The fraction of sp³-hybridized carbons (Fsp3) is 0.400. The average molecular weight is 289 g/mol. The van der Waals surface area contributed by atoms with Crippen molar-refractivity contribution in [2.75, 3.05) is 19.0 Å². The van der Waals surface area contributed by atoms with E-state index in [4.69, 9.17) is 9.88 Å². The van der Waals surface area contributed by atoms with Crippen LogP contribution < -0.4 is 10.5 Å². The molecular formula is C10H15N3O5S. The van der Waals surface area contributed by atoms with Gasteiger partial charge in [0, 0.05) is 19.2 Å². The van der Waals surface area contributed by atoms with Gasteiger partial charge in [0.2, 0.25) is 10.0 Å². The van der Waals surface area contributed by atoms with E-state index in [9.17, 15) is 18.5 Å². The molecule has 0 aliphatic rings. The van der Waals surface area contributed by atoms with E-state index >= 15 is 0 Å². The number of nitrogens with one attached hydrogen (secondary N) is 1. The van der Waals surface area contributed by atoms with Crippen molar-refractivity contribution in [2.24, 2.45) is 5.14 Å². The molecule has 3 N–H and O–H groups in total. The number of benzene rings is 1. The zero-order chi connectivity index (χ0) is 14.6. The fourth-order valence-corrected chi connectivity index (χ4v) is 2.05. The Balaban J connectivity index is 3.16. The lowest BCUT2D eigenvalue weighted by Gasteiger charge is -2.14. The first-order chi connectivity index (χ1) is 8.75. The third kappa shape index (κ3) is 4.16. The van der Waals surface area contributed by atoms with E-state index in [0.717, 1.165) is 6.07 Å². The standard InChI is InChI=1S/C10H15N3O5S/c1-7(6-18-2)12-9-4-3-8(19(11,16)17)5-10(9)13(14)15/h3-5,7,12H,6H2,1-2H3,(H2,11,16,17)/t7-/m1/s1. The van der Waals surface area contributed by atoms with Gasteiger partial charge in [-0.1, -0.05) is 0 Å². The molecule has 9 heteroatoms. The van der Waals surface area contributed by atoms with Crippen LogP contribution in [0.5, 0.6) is 0 Å². The molecule has 0 aliphatic carbocycles. The number of rotatable bonds is 6. The molecule has 106 valence electrons.